The number of hydrogen-bond acceptors (Lipinski definition) is 10. The van der Waals surface area contributed by atoms with Gasteiger partial charge in [0.1, 0.15) is 15.6 Å². The lowest BCUT2D eigenvalue weighted by Gasteiger charge is -2.39. The molecule has 0 aromatic rings. The van der Waals surface area contributed by atoms with E-state index in [1.165, 1.54) is 18.7 Å². The van der Waals surface area contributed by atoms with Crippen LogP contribution in [0.25, 0.3) is 0 Å². The highest BCUT2D eigenvalue weighted by molar-refractivity contribution is 8.33. The zero-order chi connectivity index (χ0) is 23.2. The molecule has 0 heterocycles. The maximum absolute atomic E-state index is 14.4. The van der Waals surface area contributed by atoms with Gasteiger partial charge in [-0.25, -0.2) is 0 Å². The number of halogens is 1. The maximum Gasteiger partial charge on any atom is 0.374 e. The van der Waals surface area contributed by atoms with Crippen molar-refractivity contribution >= 4 is 65.3 Å². The van der Waals surface area contributed by atoms with Crippen molar-refractivity contribution in [1.29, 1.82) is 0 Å². The third-order valence-electron chi connectivity index (χ3n) is 3.70. The molecule has 0 radical (unpaired) electrons. The van der Waals surface area contributed by atoms with Gasteiger partial charge in [-0.05, 0) is 30.6 Å². The Morgan fingerprint density at radius 2 is 1.63 bits per heavy atom. The predicted octanol–water partition coefficient (Wildman–Crippen LogP) is 5.79. The van der Waals surface area contributed by atoms with Crippen LogP contribution in [0.1, 0.15) is 66.7 Å². The van der Waals surface area contributed by atoms with Gasteiger partial charge in [-0.1, -0.05) is 27.7 Å². The third kappa shape index (κ3) is 9.91. The van der Waals surface area contributed by atoms with Gasteiger partial charge in [0.05, 0.1) is 0 Å². The Kier molecular flexibility index (Phi) is 15.4. The summed E-state index contributed by atoms with van der Waals surface area (Å²) in [6.07, 6.45) is 2.07. The van der Waals surface area contributed by atoms with Crippen LogP contribution in [0, 0.1) is 0 Å². The second-order valence-electron chi connectivity index (χ2n) is 6.20. The Hall–Kier alpha value is -0.260. The van der Waals surface area contributed by atoms with E-state index in [0.717, 1.165) is 17.9 Å². The lowest BCUT2D eigenvalue weighted by atomic mass is 10.2. The first-order valence-corrected chi connectivity index (χ1v) is 13.8. The molecule has 0 amide bonds. The molecule has 0 aliphatic heterocycles. The van der Waals surface area contributed by atoms with Gasteiger partial charge in [0, 0.05) is 26.2 Å². The minimum Gasteiger partial charge on any atom is -0.453 e. The van der Waals surface area contributed by atoms with E-state index in [1.54, 1.807) is 37.4 Å². The van der Waals surface area contributed by atoms with E-state index in [0.29, 0.717) is 6.42 Å². The SMILES string of the molecule is CCCSC(CC(OC(C)=O)C(OC(=O)CC)(OC(=O)CCC)SF)(SC)SCC. The fourth-order valence-corrected chi connectivity index (χ4v) is 7.16. The number of carbonyl (C=O) groups excluding carboxylic acids is 3. The van der Waals surface area contributed by atoms with Gasteiger partial charge in [0.2, 0.25) is 0 Å². The summed E-state index contributed by atoms with van der Waals surface area (Å²) < 4.78 is 29.9. The second-order valence-corrected chi connectivity index (χ2v) is 11.8. The quantitative estimate of drug-likeness (QED) is 0.190. The van der Waals surface area contributed by atoms with Gasteiger partial charge >= 0.3 is 23.0 Å². The van der Waals surface area contributed by atoms with Crippen LogP contribution in [0.4, 0.5) is 3.89 Å². The lowest BCUT2D eigenvalue weighted by Crippen LogP contribution is -2.50. The standard InChI is InChI=1S/C19H33FO6S4/c1-7-11-17(23)26-19(30-20,25-16(22)9-3)15(24-14(5)21)13-18(27-6,28-10-4)29-12-8-2/h15H,7-13H2,1-6H3. The molecular formula is C19H33FO6S4. The Morgan fingerprint density at radius 3 is 2.07 bits per heavy atom. The molecule has 0 bridgehead atoms. The van der Waals surface area contributed by atoms with E-state index in [9.17, 15) is 18.3 Å². The Balaban J connectivity index is 6.24. The minimum atomic E-state index is -2.40. The minimum absolute atomic E-state index is 0.0146. The van der Waals surface area contributed by atoms with E-state index < -0.39 is 44.7 Å². The van der Waals surface area contributed by atoms with E-state index in [-0.39, 0.29) is 19.3 Å². The van der Waals surface area contributed by atoms with Gasteiger partial charge < -0.3 is 14.2 Å². The van der Waals surface area contributed by atoms with Crippen molar-refractivity contribution < 1.29 is 32.5 Å². The van der Waals surface area contributed by atoms with Crippen LogP contribution in [0.3, 0.4) is 0 Å². The van der Waals surface area contributed by atoms with Crippen molar-refractivity contribution in [2.75, 3.05) is 17.8 Å². The normalized spacial score (nSPS) is 16.1. The van der Waals surface area contributed by atoms with Crippen LogP contribution in [0.2, 0.25) is 0 Å². The summed E-state index contributed by atoms with van der Waals surface area (Å²) in [7, 11) is 0. The molecule has 0 aromatic carbocycles. The molecule has 176 valence electrons. The molecule has 0 saturated heterocycles. The summed E-state index contributed by atoms with van der Waals surface area (Å²) in [4.78, 5) is 36.2. The third-order valence-corrected chi connectivity index (χ3v) is 9.66. The van der Waals surface area contributed by atoms with E-state index in [2.05, 4.69) is 6.92 Å². The summed E-state index contributed by atoms with van der Waals surface area (Å²) in [5, 5.41) is -2.40. The smallest absolute Gasteiger partial charge is 0.374 e. The van der Waals surface area contributed by atoms with Crippen molar-refractivity contribution in [2.45, 2.75) is 81.4 Å². The van der Waals surface area contributed by atoms with Crippen molar-refractivity contribution in [3.8, 4) is 0 Å². The van der Waals surface area contributed by atoms with Crippen molar-refractivity contribution in [2.24, 2.45) is 0 Å². The fraction of sp³-hybridized carbons (Fsp3) is 0.842. The van der Waals surface area contributed by atoms with Crippen LogP contribution in [0.5, 0.6) is 0 Å². The van der Waals surface area contributed by atoms with Gasteiger partial charge in [-0.15, -0.1) is 35.3 Å². The van der Waals surface area contributed by atoms with Gasteiger partial charge in [0.15, 0.2) is 6.10 Å². The molecule has 0 aliphatic rings. The zero-order valence-electron chi connectivity index (χ0n) is 18.5. The molecule has 0 rings (SSSR count). The summed E-state index contributed by atoms with van der Waals surface area (Å²) in [6.45, 7) is 8.54. The summed E-state index contributed by atoms with van der Waals surface area (Å²) in [5.41, 5.74) is 0. The number of ether oxygens (including phenoxy) is 3. The second kappa shape index (κ2) is 15.5. The van der Waals surface area contributed by atoms with Crippen molar-refractivity contribution in [3.05, 3.63) is 0 Å². The zero-order valence-corrected chi connectivity index (χ0v) is 21.8. The molecule has 0 fully saturated rings. The first-order valence-electron chi connectivity index (χ1n) is 9.91. The van der Waals surface area contributed by atoms with E-state index in [1.807, 2.05) is 13.2 Å². The topological polar surface area (TPSA) is 78.9 Å². The first-order chi connectivity index (χ1) is 14.2. The summed E-state index contributed by atoms with van der Waals surface area (Å²) in [6, 6.07) is 0. The van der Waals surface area contributed by atoms with E-state index in [4.69, 9.17) is 14.2 Å². The van der Waals surface area contributed by atoms with Gasteiger partial charge in [0.25, 0.3) is 0 Å². The molecule has 0 spiro atoms. The maximum atomic E-state index is 14.4. The number of rotatable bonds is 16. The van der Waals surface area contributed by atoms with Crippen LogP contribution >= 0.6 is 47.4 Å². The highest BCUT2D eigenvalue weighted by atomic mass is 32.3. The molecule has 3 unspecified atom stereocenters. The highest BCUT2D eigenvalue weighted by Gasteiger charge is 2.54. The molecular weight excluding hydrogens is 471 g/mol. The molecule has 0 aromatic heterocycles. The summed E-state index contributed by atoms with van der Waals surface area (Å²) >= 11 is 4.38. The fourth-order valence-electron chi connectivity index (χ4n) is 2.38. The lowest BCUT2D eigenvalue weighted by molar-refractivity contribution is -0.229. The highest BCUT2D eigenvalue weighted by Crippen LogP contribution is 2.52. The summed E-state index contributed by atoms with van der Waals surface area (Å²) in [5.74, 6) is -0.580. The number of carbonyl (C=O) groups is 3. The van der Waals surface area contributed by atoms with Crippen LogP contribution in [0.15, 0.2) is 0 Å². The molecule has 30 heavy (non-hydrogen) atoms. The number of hydrogen-bond donors (Lipinski definition) is 0. The Bertz CT molecular complexity index is 553. The molecule has 11 heteroatoms. The predicted molar refractivity (Wildman–Crippen MR) is 126 cm³/mol. The molecule has 0 N–H and O–H groups in total. The molecule has 6 nitrogen and oxygen atoms in total. The van der Waals surface area contributed by atoms with Crippen molar-refractivity contribution in [3.63, 3.8) is 0 Å². The van der Waals surface area contributed by atoms with Crippen LogP contribution in [-0.2, 0) is 28.6 Å². The van der Waals surface area contributed by atoms with Crippen LogP contribution < -0.4 is 0 Å². The molecule has 0 saturated carbocycles. The Morgan fingerprint density at radius 1 is 1.00 bits per heavy atom. The number of esters is 3. The number of thioether (sulfide) groups is 3. The monoisotopic (exact) mass is 504 g/mol. The first kappa shape index (κ1) is 29.7. The Labute approximate surface area is 196 Å². The van der Waals surface area contributed by atoms with Crippen molar-refractivity contribution in [1.82, 2.24) is 0 Å². The average molecular weight is 505 g/mol. The van der Waals surface area contributed by atoms with Gasteiger partial charge in [-0.3, -0.25) is 14.4 Å². The molecule has 0 aliphatic carbocycles. The molecule has 3 atom stereocenters. The largest absolute Gasteiger partial charge is 0.453 e. The van der Waals surface area contributed by atoms with E-state index >= 15 is 0 Å². The van der Waals surface area contributed by atoms with Gasteiger partial charge in [-0.2, -0.15) is 3.89 Å². The van der Waals surface area contributed by atoms with Crippen LogP contribution in [-0.4, -0.2) is 50.3 Å². The average Bonchev–Trinajstić information content (AvgIpc) is 2.70.